The van der Waals surface area contributed by atoms with Crippen molar-refractivity contribution in [3.63, 3.8) is 0 Å². The number of para-hydroxylation sites is 3. The second-order valence-electron chi connectivity index (χ2n) is 8.68. The number of imidazole rings is 1. The highest BCUT2D eigenvalue weighted by molar-refractivity contribution is 5.94. The Morgan fingerprint density at radius 3 is 2.38 bits per heavy atom. The number of benzene rings is 3. The fourth-order valence-corrected chi connectivity index (χ4v) is 3.90. The van der Waals surface area contributed by atoms with Crippen LogP contribution in [0.25, 0.3) is 16.7 Å². The molecule has 0 aliphatic heterocycles. The quantitative estimate of drug-likeness (QED) is 0.303. The van der Waals surface area contributed by atoms with Gasteiger partial charge in [-0.2, -0.15) is 13.2 Å². The molecule has 0 saturated carbocycles. The fourth-order valence-electron chi connectivity index (χ4n) is 3.90. The van der Waals surface area contributed by atoms with E-state index in [4.69, 9.17) is 4.98 Å². The van der Waals surface area contributed by atoms with Gasteiger partial charge < -0.3 is 4.90 Å². The first-order valence-corrected chi connectivity index (χ1v) is 11.2. The predicted molar refractivity (Wildman–Crippen MR) is 127 cm³/mol. The Kier molecular flexibility index (Phi) is 6.72. The van der Waals surface area contributed by atoms with Crippen molar-refractivity contribution in [2.24, 2.45) is 5.92 Å². The van der Waals surface area contributed by atoms with Crippen molar-refractivity contribution in [1.29, 1.82) is 0 Å². The molecule has 7 heteroatoms. The fraction of sp³-hybridized carbons (Fsp3) is 0.259. The van der Waals surface area contributed by atoms with Gasteiger partial charge in [0.15, 0.2) is 0 Å². The largest absolute Gasteiger partial charge is 0.416 e. The molecule has 0 radical (unpaired) electrons. The third kappa shape index (κ3) is 5.14. The number of halogens is 3. The van der Waals surface area contributed by atoms with Crippen LogP contribution in [0.4, 0.5) is 13.2 Å². The van der Waals surface area contributed by atoms with Crippen molar-refractivity contribution in [1.82, 2.24) is 14.5 Å². The van der Waals surface area contributed by atoms with Crippen LogP contribution in [0, 0.1) is 5.92 Å². The molecule has 1 aromatic heterocycles. The van der Waals surface area contributed by atoms with Gasteiger partial charge in [-0.25, -0.2) is 4.98 Å². The zero-order valence-electron chi connectivity index (χ0n) is 19.1. The van der Waals surface area contributed by atoms with Crippen LogP contribution in [0.2, 0.25) is 0 Å². The summed E-state index contributed by atoms with van der Waals surface area (Å²) in [5, 5.41) is 0. The second-order valence-corrected chi connectivity index (χ2v) is 8.68. The second kappa shape index (κ2) is 9.71. The van der Waals surface area contributed by atoms with Crippen molar-refractivity contribution in [2.75, 3.05) is 6.54 Å². The van der Waals surface area contributed by atoms with Gasteiger partial charge >= 0.3 is 6.18 Å². The Balaban J connectivity index is 1.75. The molecule has 0 N–H and O–H groups in total. The Hall–Kier alpha value is -3.61. The Morgan fingerprint density at radius 1 is 0.971 bits per heavy atom. The number of rotatable bonds is 7. The van der Waals surface area contributed by atoms with Crippen molar-refractivity contribution in [2.45, 2.75) is 33.0 Å². The van der Waals surface area contributed by atoms with Crippen molar-refractivity contribution in [3.8, 4) is 5.69 Å². The lowest BCUT2D eigenvalue weighted by atomic mass is 10.1. The number of amides is 1. The highest BCUT2D eigenvalue weighted by Gasteiger charge is 2.31. The molecule has 4 aromatic rings. The SMILES string of the molecule is CC(C)CCN(Cc1nc2ccccc2n1-c1ccccc1)C(=O)c1cccc(C(F)(F)F)c1. The van der Waals surface area contributed by atoms with Crippen LogP contribution in [0.5, 0.6) is 0 Å². The number of hydrogen-bond donors (Lipinski definition) is 0. The van der Waals surface area contributed by atoms with E-state index in [1.807, 2.05) is 73.0 Å². The van der Waals surface area contributed by atoms with Gasteiger partial charge in [-0.3, -0.25) is 9.36 Å². The molecule has 0 unspecified atom stereocenters. The van der Waals surface area contributed by atoms with E-state index in [0.717, 1.165) is 35.3 Å². The lowest BCUT2D eigenvalue weighted by Crippen LogP contribution is -2.33. The maximum atomic E-state index is 13.4. The zero-order chi connectivity index (χ0) is 24.3. The van der Waals surface area contributed by atoms with Crippen molar-refractivity contribution >= 4 is 16.9 Å². The molecule has 3 aromatic carbocycles. The monoisotopic (exact) mass is 465 g/mol. The van der Waals surface area contributed by atoms with Crippen LogP contribution in [-0.4, -0.2) is 26.9 Å². The predicted octanol–water partition coefficient (Wildman–Crippen LogP) is 6.73. The van der Waals surface area contributed by atoms with E-state index in [1.165, 1.54) is 12.1 Å². The molecular formula is C27H26F3N3O. The smallest absolute Gasteiger partial charge is 0.331 e. The highest BCUT2D eigenvalue weighted by Crippen LogP contribution is 2.30. The van der Waals surface area contributed by atoms with Gasteiger partial charge in [-0.15, -0.1) is 0 Å². The number of alkyl halides is 3. The number of nitrogens with zero attached hydrogens (tertiary/aromatic N) is 3. The lowest BCUT2D eigenvalue weighted by molar-refractivity contribution is -0.137. The normalized spacial score (nSPS) is 11.8. The third-order valence-electron chi connectivity index (χ3n) is 5.68. The average molecular weight is 466 g/mol. The number of carbonyl (C=O) groups is 1. The standard InChI is InChI=1S/C27H26F3N3O/c1-19(2)15-16-32(26(34)20-9-8-10-21(17-20)27(28,29)30)18-25-31-23-13-6-7-14-24(23)33(25)22-11-4-3-5-12-22/h3-14,17,19H,15-16,18H2,1-2H3. The van der Waals surface area contributed by atoms with E-state index in [2.05, 4.69) is 0 Å². The van der Waals surface area contributed by atoms with E-state index in [1.54, 1.807) is 4.90 Å². The summed E-state index contributed by atoms with van der Waals surface area (Å²) in [4.78, 5) is 19.8. The summed E-state index contributed by atoms with van der Waals surface area (Å²) >= 11 is 0. The zero-order valence-corrected chi connectivity index (χ0v) is 19.1. The molecule has 0 spiro atoms. The first-order chi connectivity index (χ1) is 16.2. The molecule has 1 heterocycles. The number of aromatic nitrogens is 2. The molecule has 0 aliphatic rings. The van der Waals surface area contributed by atoms with Crippen molar-refractivity contribution < 1.29 is 18.0 Å². The Bertz CT molecular complexity index is 1280. The number of hydrogen-bond acceptors (Lipinski definition) is 2. The van der Waals surface area contributed by atoms with Crippen LogP contribution < -0.4 is 0 Å². The summed E-state index contributed by atoms with van der Waals surface area (Å²) in [6, 6.07) is 22.0. The highest BCUT2D eigenvalue weighted by atomic mass is 19.4. The van der Waals surface area contributed by atoms with Gasteiger partial charge in [-0.05, 0) is 54.8 Å². The molecule has 1 amide bonds. The van der Waals surface area contributed by atoms with Crippen LogP contribution in [0.15, 0.2) is 78.9 Å². The first kappa shape index (κ1) is 23.5. The molecule has 0 bridgehead atoms. The van der Waals surface area contributed by atoms with E-state index in [-0.39, 0.29) is 12.1 Å². The molecule has 176 valence electrons. The van der Waals surface area contributed by atoms with Gasteiger partial charge in [0.05, 0.1) is 23.1 Å². The van der Waals surface area contributed by atoms with E-state index in [9.17, 15) is 18.0 Å². The topological polar surface area (TPSA) is 38.1 Å². The van der Waals surface area contributed by atoms with Gasteiger partial charge in [0.1, 0.15) is 5.82 Å². The summed E-state index contributed by atoms with van der Waals surface area (Å²) < 4.78 is 41.8. The van der Waals surface area contributed by atoms with Gasteiger partial charge in [-0.1, -0.05) is 50.2 Å². The minimum Gasteiger partial charge on any atom is -0.331 e. The minimum absolute atomic E-state index is 0.0148. The van der Waals surface area contributed by atoms with E-state index in [0.29, 0.717) is 18.3 Å². The minimum atomic E-state index is -4.51. The van der Waals surface area contributed by atoms with Gasteiger partial charge in [0.2, 0.25) is 0 Å². The number of carbonyl (C=O) groups excluding carboxylic acids is 1. The van der Waals surface area contributed by atoms with Crippen LogP contribution in [0.1, 0.15) is 42.0 Å². The molecule has 0 aliphatic carbocycles. The number of fused-ring (bicyclic) bond motifs is 1. The Labute approximate surface area is 196 Å². The molecule has 0 atom stereocenters. The van der Waals surface area contributed by atoms with E-state index < -0.39 is 17.6 Å². The average Bonchev–Trinajstić information content (AvgIpc) is 3.19. The maximum absolute atomic E-state index is 13.4. The molecule has 0 fully saturated rings. The summed E-state index contributed by atoms with van der Waals surface area (Å²) in [6.45, 7) is 4.67. The molecule has 4 rings (SSSR count). The lowest BCUT2D eigenvalue weighted by Gasteiger charge is -2.24. The van der Waals surface area contributed by atoms with Crippen LogP contribution >= 0.6 is 0 Å². The molecule has 0 saturated heterocycles. The summed E-state index contributed by atoms with van der Waals surface area (Å²) in [5.41, 5.74) is 1.77. The first-order valence-electron chi connectivity index (χ1n) is 11.2. The maximum Gasteiger partial charge on any atom is 0.416 e. The van der Waals surface area contributed by atoms with E-state index >= 15 is 0 Å². The van der Waals surface area contributed by atoms with Gasteiger partial charge in [0, 0.05) is 17.8 Å². The molecule has 34 heavy (non-hydrogen) atoms. The van der Waals surface area contributed by atoms with Crippen LogP contribution in [0.3, 0.4) is 0 Å². The summed E-state index contributed by atoms with van der Waals surface area (Å²) in [5.74, 6) is 0.527. The summed E-state index contributed by atoms with van der Waals surface area (Å²) in [7, 11) is 0. The molecule has 4 nitrogen and oxygen atoms in total. The van der Waals surface area contributed by atoms with Crippen molar-refractivity contribution in [3.05, 3.63) is 95.8 Å². The summed E-state index contributed by atoms with van der Waals surface area (Å²) in [6.07, 6.45) is -3.80. The van der Waals surface area contributed by atoms with Gasteiger partial charge in [0.25, 0.3) is 5.91 Å². The molecular weight excluding hydrogens is 439 g/mol. The Morgan fingerprint density at radius 2 is 1.68 bits per heavy atom. The third-order valence-corrected chi connectivity index (χ3v) is 5.68. The van der Waals surface area contributed by atoms with Crippen LogP contribution in [-0.2, 0) is 12.7 Å².